The monoisotopic (exact) mass is 250 g/mol. The Morgan fingerprint density at radius 1 is 1.44 bits per heavy atom. The lowest BCUT2D eigenvalue weighted by Crippen LogP contribution is -2.38. The second-order valence-electron chi connectivity index (χ2n) is 4.38. The van der Waals surface area contributed by atoms with Crippen LogP contribution in [0.3, 0.4) is 0 Å². The SMILES string of the molecule is CN1C(=O)CC(NCCc2cccc(F)c2)C1=O. The number of nitrogens with zero attached hydrogens (tertiary/aromatic N) is 1. The van der Waals surface area contributed by atoms with Gasteiger partial charge in [0, 0.05) is 7.05 Å². The largest absolute Gasteiger partial charge is 0.305 e. The van der Waals surface area contributed by atoms with Crippen molar-refractivity contribution in [3.63, 3.8) is 0 Å². The van der Waals surface area contributed by atoms with Gasteiger partial charge in [-0.3, -0.25) is 14.5 Å². The number of likely N-dealkylation sites (N-methyl/N-ethyl adjacent to an activating group) is 1. The fourth-order valence-electron chi connectivity index (χ4n) is 2.00. The molecule has 1 saturated heterocycles. The van der Waals surface area contributed by atoms with Crippen molar-refractivity contribution in [3.05, 3.63) is 35.6 Å². The maximum atomic E-state index is 12.9. The summed E-state index contributed by atoms with van der Waals surface area (Å²) >= 11 is 0. The highest BCUT2D eigenvalue weighted by Crippen LogP contribution is 2.10. The van der Waals surface area contributed by atoms with E-state index in [-0.39, 0.29) is 24.1 Å². The molecule has 0 spiro atoms. The van der Waals surface area contributed by atoms with Gasteiger partial charge in [0.15, 0.2) is 0 Å². The van der Waals surface area contributed by atoms with Gasteiger partial charge in [0.1, 0.15) is 5.82 Å². The zero-order valence-corrected chi connectivity index (χ0v) is 10.1. The fourth-order valence-corrected chi connectivity index (χ4v) is 2.00. The highest BCUT2D eigenvalue weighted by Gasteiger charge is 2.35. The summed E-state index contributed by atoms with van der Waals surface area (Å²) in [4.78, 5) is 24.0. The maximum Gasteiger partial charge on any atom is 0.246 e. The molecule has 0 saturated carbocycles. The molecule has 1 fully saturated rings. The van der Waals surface area contributed by atoms with E-state index in [2.05, 4.69) is 5.32 Å². The number of halogens is 1. The third-order valence-electron chi connectivity index (χ3n) is 3.07. The summed E-state index contributed by atoms with van der Waals surface area (Å²) in [5.74, 6) is -0.623. The maximum absolute atomic E-state index is 12.9. The number of amides is 2. The smallest absolute Gasteiger partial charge is 0.246 e. The minimum Gasteiger partial charge on any atom is -0.305 e. The van der Waals surface area contributed by atoms with Crippen LogP contribution in [0.2, 0.25) is 0 Å². The average Bonchev–Trinajstić information content (AvgIpc) is 2.57. The van der Waals surface area contributed by atoms with Crippen molar-refractivity contribution in [3.8, 4) is 0 Å². The highest BCUT2D eigenvalue weighted by molar-refractivity contribution is 6.05. The molecule has 2 rings (SSSR count). The molecular weight excluding hydrogens is 235 g/mol. The molecule has 0 bridgehead atoms. The second-order valence-corrected chi connectivity index (χ2v) is 4.38. The summed E-state index contributed by atoms with van der Waals surface area (Å²) in [7, 11) is 1.49. The lowest BCUT2D eigenvalue weighted by atomic mass is 10.1. The molecule has 5 heteroatoms. The molecule has 1 aliphatic heterocycles. The molecule has 18 heavy (non-hydrogen) atoms. The van der Waals surface area contributed by atoms with E-state index >= 15 is 0 Å². The molecule has 4 nitrogen and oxygen atoms in total. The number of imide groups is 1. The molecule has 1 atom stereocenters. The summed E-state index contributed by atoms with van der Waals surface area (Å²) in [6.45, 7) is 0.543. The van der Waals surface area contributed by atoms with Crippen LogP contribution in [0.4, 0.5) is 4.39 Å². The van der Waals surface area contributed by atoms with E-state index in [9.17, 15) is 14.0 Å². The van der Waals surface area contributed by atoms with Crippen LogP contribution in [0.5, 0.6) is 0 Å². The highest BCUT2D eigenvalue weighted by atomic mass is 19.1. The zero-order valence-electron chi connectivity index (χ0n) is 10.1. The second kappa shape index (κ2) is 5.27. The number of carbonyl (C=O) groups is 2. The van der Waals surface area contributed by atoms with E-state index < -0.39 is 6.04 Å². The minimum atomic E-state index is -0.434. The van der Waals surface area contributed by atoms with Crippen LogP contribution in [0, 0.1) is 5.82 Å². The van der Waals surface area contributed by atoms with E-state index in [1.54, 1.807) is 6.07 Å². The van der Waals surface area contributed by atoms with Gasteiger partial charge < -0.3 is 5.32 Å². The van der Waals surface area contributed by atoms with Gasteiger partial charge in [-0.25, -0.2) is 4.39 Å². The molecule has 1 aromatic carbocycles. The Kier molecular flexibility index (Phi) is 3.72. The van der Waals surface area contributed by atoms with E-state index in [1.807, 2.05) is 6.07 Å². The first kappa shape index (κ1) is 12.7. The summed E-state index contributed by atoms with van der Waals surface area (Å²) in [6, 6.07) is 5.91. The lowest BCUT2D eigenvalue weighted by molar-refractivity contribution is -0.137. The number of benzene rings is 1. The van der Waals surface area contributed by atoms with Gasteiger partial charge in [-0.15, -0.1) is 0 Å². The van der Waals surface area contributed by atoms with Gasteiger partial charge in [0.2, 0.25) is 11.8 Å². The molecule has 1 heterocycles. The summed E-state index contributed by atoms with van der Waals surface area (Å²) in [5.41, 5.74) is 0.868. The first-order valence-electron chi connectivity index (χ1n) is 5.86. The number of likely N-dealkylation sites (tertiary alicyclic amines) is 1. The molecule has 0 radical (unpaired) electrons. The zero-order chi connectivity index (χ0) is 13.1. The standard InChI is InChI=1S/C13H15FN2O2/c1-16-12(17)8-11(13(16)18)15-6-5-9-3-2-4-10(14)7-9/h2-4,7,11,15H,5-6,8H2,1H3. The van der Waals surface area contributed by atoms with Crippen molar-refractivity contribution in [2.45, 2.75) is 18.9 Å². The Bertz CT molecular complexity index is 476. The van der Waals surface area contributed by atoms with E-state index in [4.69, 9.17) is 0 Å². The normalized spacial score (nSPS) is 19.7. The van der Waals surface area contributed by atoms with Crippen LogP contribution in [-0.4, -0.2) is 36.3 Å². The van der Waals surface area contributed by atoms with Gasteiger partial charge in [-0.2, -0.15) is 0 Å². The molecule has 96 valence electrons. The van der Waals surface area contributed by atoms with Crippen molar-refractivity contribution >= 4 is 11.8 Å². The Balaban J connectivity index is 1.83. The number of hydrogen-bond donors (Lipinski definition) is 1. The Morgan fingerprint density at radius 2 is 2.22 bits per heavy atom. The molecule has 0 aliphatic carbocycles. The van der Waals surface area contributed by atoms with Gasteiger partial charge in [-0.05, 0) is 30.7 Å². The van der Waals surface area contributed by atoms with Crippen LogP contribution >= 0.6 is 0 Å². The van der Waals surface area contributed by atoms with Crippen molar-refractivity contribution in [1.82, 2.24) is 10.2 Å². The summed E-state index contributed by atoms with van der Waals surface area (Å²) < 4.78 is 12.9. The average molecular weight is 250 g/mol. The van der Waals surface area contributed by atoms with Crippen LogP contribution in [0.1, 0.15) is 12.0 Å². The van der Waals surface area contributed by atoms with Crippen LogP contribution in [0.25, 0.3) is 0 Å². The Morgan fingerprint density at radius 3 is 2.83 bits per heavy atom. The van der Waals surface area contributed by atoms with Crippen molar-refractivity contribution in [2.75, 3.05) is 13.6 Å². The number of carbonyl (C=O) groups excluding carboxylic acids is 2. The predicted molar refractivity (Wildman–Crippen MR) is 64.3 cm³/mol. The van der Waals surface area contributed by atoms with Crippen molar-refractivity contribution in [1.29, 1.82) is 0 Å². The molecule has 2 amide bonds. The predicted octanol–water partition coefficient (Wildman–Crippen LogP) is 0.715. The number of hydrogen-bond acceptors (Lipinski definition) is 3. The fraction of sp³-hybridized carbons (Fsp3) is 0.385. The van der Waals surface area contributed by atoms with Gasteiger partial charge in [0.05, 0.1) is 12.5 Å². The topological polar surface area (TPSA) is 49.4 Å². The first-order valence-corrected chi connectivity index (χ1v) is 5.86. The summed E-state index contributed by atoms with van der Waals surface area (Å²) in [5, 5.41) is 3.03. The molecule has 1 N–H and O–H groups in total. The van der Waals surface area contributed by atoms with Crippen LogP contribution < -0.4 is 5.32 Å². The molecule has 0 aromatic heterocycles. The van der Waals surface area contributed by atoms with E-state index in [1.165, 1.54) is 19.2 Å². The van der Waals surface area contributed by atoms with E-state index in [0.717, 1.165) is 10.5 Å². The summed E-state index contributed by atoms with van der Waals surface area (Å²) in [6.07, 6.45) is 0.831. The lowest BCUT2D eigenvalue weighted by Gasteiger charge is -2.10. The quantitative estimate of drug-likeness (QED) is 0.801. The van der Waals surface area contributed by atoms with Gasteiger partial charge in [0.25, 0.3) is 0 Å². The van der Waals surface area contributed by atoms with Crippen LogP contribution in [-0.2, 0) is 16.0 Å². The molecular formula is C13H15FN2O2. The minimum absolute atomic E-state index is 0.164. The van der Waals surface area contributed by atoms with E-state index in [0.29, 0.717) is 13.0 Å². The van der Waals surface area contributed by atoms with Crippen molar-refractivity contribution < 1.29 is 14.0 Å². The number of nitrogens with one attached hydrogen (secondary N) is 1. The van der Waals surface area contributed by atoms with Crippen molar-refractivity contribution in [2.24, 2.45) is 0 Å². The Hall–Kier alpha value is -1.75. The Labute approximate surface area is 105 Å². The molecule has 1 aromatic rings. The third kappa shape index (κ3) is 2.73. The molecule has 1 unspecified atom stereocenters. The van der Waals surface area contributed by atoms with Crippen LogP contribution in [0.15, 0.2) is 24.3 Å². The molecule has 1 aliphatic rings. The first-order chi connectivity index (χ1) is 8.58. The van der Waals surface area contributed by atoms with Gasteiger partial charge in [-0.1, -0.05) is 12.1 Å². The third-order valence-corrected chi connectivity index (χ3v) is 3.07. The van der Waals surface area contributed by atoms with Gasteiger partial charge >= 0.3 is 0 Å². The number of rotatable bonds is 4.